The van der Waals surface area contributed by atoms with Crippen LogP contribution in [0.3, 0.4) is 0 Å². The van der Waals surface area contributed by atoms with E-state index in [4.69, 9.17) is 51.4 Å². The van der Waals surface area contributed by atoms with Crippen LogP contribution in [0.4, 0.5) is 5.69 Å². The summed E-state index contributed by atoms with van der Waals surface area (Å²) in [4.78, 5) is 17.8. The SMILES string of the molecule is CCc1ccc2oc(-c3ccc(Cl)c(NC(=S)NC(=O)c4sc5cc(Cl)ccc5c4Cl)c3)nc2c1. The number of hydrogen-bond donors (Lipinski definition) is 2. The van der Waals surface area contributed by atoms with Crippen molar-refractivity contribution in [2.45, 2.75) is 13.3 Å². The first-order valence-corrected chi connectivity index (χ1v) is 12.9. The predicted octanol–water partition coefficient (Wildman–Crippen LogP) is 8.36. The lowest BCUT2D eigenvalue weighted by atomic mass is 10.1. The van der Waals surface area contributed by atoms with Gasteiger partial charge >= 0.3 is 0 Å². The van der Waals surface area contributed by atoms with Gasteiger partial charge < -0.3 is 9.73 Å². The Kier molecular flexibility index (Phi) is 6.70. The third kappa shape index (κ3) is 4.87. The van der Waals surface area contributed by atoms with Crippen molar-refractivity contribution in [1.82, 2.24) is 10.3 Å². The Morgan fingerprint density at radius 2 is 1.91 bits per heavy atom. The molecular formula is C25H16Cl3N3O2S2. The summed E-state index contributed by atoms with van der Waals surface area (Å²) >= 11 is 25.4. The number of oxazole rings is 1. The number of carbonyl (C=O) groups excluding carboxylic acids is 1. The van der Waals surface area contributed by atoms with E-state index in [2.05, 4.69) is 22.5 Å². The van der Waals surface area contributed by atoms with Gasteiger partial charge in [-0.2, -0.15) is 0 Å². The number of thiocarbonyl (C=S) groups is 1. The molecule has 5 rings (SSSR count). The number of halogens is 3. The quantitative estimate of drug-likeness (QED) is 0.216. The minimum Gasteiger partial charge on any atom is -0.436 e. The van der Waals surface area contributed by atoms with Crippen molar-refractivity contribution in [3.8, 4) is 11.5 Å². The van der Waals surface area contributed by atoms with E-state index in [9.17, 15) is 4.79 Å². The van der Waals surface area contributed by atoms with Crippen molar-refractivity contribution < 1.29 is 9.21 Å². The number of nitrogens with one attached hydrogen (secondary N) is 2. The van der Waals surface area contributed by atoms with E-state index < -0.39 is 5.91 Å². The van der Waals surface area contributed by atoms with Gasteiger partial charge in [0.05, 0.1) is 15.7 Å². The van der Waals surface area contributed by atoms with E-state index in [0.29, 0.717) is 42.7 Å². The first kappa shape index (κ1) is 24.0. The van der Waals surface area contributed by atoms with Gasteiger partial charge in [0.1, 0.15) is 10.4 Å². The highest BCUT2D eigenvalue weighted by Crippen LogP contribution is 2.37. The molecule has 0 bridgehead atoms. The van der Waals surface area contributed by atoms with E-state index in [1.54, 1.807) is 30.3 Å². The second kappa shape index (κ2) is 9.76. The van der Waals surface area contributed by atoms with Crippen LogP contribution in [0.1, 0.15) is 22.2 Å². The van der Waals surface area contributed by atoms with Crippen LogP contribution in [0.2, 0.25) is 15.1 Å². The average molecular weight is 561 g/mol. The molecule has 2 heterocycles. The number of thiophene rings is 1. The van der Waals surface area contributed by atoms with Gasteiger partial charge in [0.25, 0.3) is 5.91 Å². The molecule has 0 atom stereocenters. The number of fused-ring (bicyclic) bond motifs is 2. The third-order valence-electron chi connectivity index (χ3n) is 5.35. The lowest BCUT2D eigenvalue weighted by Gasteiger charge is -2.11. The standard InChI is InChI=1S/C25H16Cl3N3O2S2/c1-2-12-3-8-19-18(9-12)29-24(33-19)13-4-7-16(27)17(10-13)30-25(34)31-23(32)22-21(28)15-6-5-14(26)11-20(15)35-22/h3-11H,2H2,1H3,(H2,30,31,32,34). The van der Waals surface area contributed by atoms with Crippen LogP contribution >= 0.6 is 58.4 Å². The highest BCUT2D eigenvalue weighted by Gasteiger charge is 2.19. The largest absolute Gasteiger partial charge is 0.436 e. The minimum atomic E-state index is -0.428. The number of benzene rings is 3. The fourth-order valence-electron chi connectivity index (χ4n) is 3.57. The number of hydrogen-bond acceptors (Lipinski definition) is 5. The van der Waals surface area contributed by atoms with Crippen LogP contribution in [0.15, 0.2) is 59.0 Å². The first-order chi connectivity index (χ1) is 16.8. The summed E-state index contributed by atoms with van der Waals surface area (Å²) in [5.74, 6) is 0.0291. The van der Waals surface area contributed by atoms with Crippen LogP contribution in [-0.4, -0.2) is 16.0 Å². The molecule has 0 saturated carbocycles. The maximum absolute atomic E-state index is 12.8. The number of amides is 1. The highest BCUT2D eigenvalue weighted by molar-refractivity contribution is 7.80. The average Bonchev–Trinajstić information content (AvgIpc) is 3.40. The second-order valence-electron chi connectivity index (χ2n) is 7.66. The summed E-state index contributed by atoms with van der Waals surface area (Å²) in [7, 11) is 0. The molecule has 0 saturated heterocycles. The predicted molar refractivity (Wildman–Crippen MR) is 149 cm³/mol. The molecule has 0 aliphatic rings. The number of aromatic nitrogens is 1. The number of aryl methyl sites for hydroxylation is 1. The first-order valence-electron chi connectivity index (χ1n) is 10.5. The van der Waals surface area contributed by atoms with Gasteiger partial charge in [0.2, 0.25) is 5.89 Å². The molecule has 0 aliphatic heterocycles. The maximum atomic E-state index is 12.8. The van der Waals surface area contributed by atoms with Crippen LogP contribution in [0.25, 0.3) is 32.6 Å². The fourth-order valence-corrected chi connectivity index (χ4v) is 5.62. The Morgan fingerprint density at radius 3 is 2.71 bits per heavy atom. The molecular weight excluding hydrogens is 545 g/mol. The zero-order valence-corrected chi connectivity index (χ0v) is 22.0. The van der Waals surface area contributed by atoms with Gasteiger partial charge in [-0.05, 0) is 66.7 Å². The molecule has 10 heteroatoms. The monoisotopic (exact) mass is 559 g/mol. The van der Waals surface area contributed by atoms with Gasteiger partial charge in [-0.3, -0.25) is 10.1 Å². The summed E-state index contributed by atoms with van der Waals surface area (Å²) in [6.07, 6.45) is 0.913. The smallest absolute Gasteiger partial charge is 0.269 e. The molecule has 0 spiro atoms. The summed E-state index contributed by atoms with van der Waals surface area (Å²) in [6.45, 7) is 2.09. The molecule has 1 amide bonds. The van der Waals surface area contributed by atoms with Gasteiger partial charge in [0.15, 0.2) is 10.7 Å². The van der Waals surface area contributed by atoms with Crippen LogP contribution in [0, 0.1) is 0 Å². The highest BCUT2D eigenvalue weighted by atomic mass is 35.5. The third-order valence-corrected chi connectivity index (χ3v) is 7.77. The van der Waals surface area contributed by atoms with Crippen molar-refractivity contribution in [3.63, 3.8) is 0 Å². The second-order valence-corrected chi connectivity index (χ2v) is 10.3. The Bertz CT molecular complexity index is 1630. The summed E-state index contributed by atoms with van der Waals surface area (Å²) in [5, 5.41) is 7.80. The lowest BCUT2D eigenvalue weighted by molar-refractivity contribution is 0.0982. The molecule has 0 radical (unpaired) electrons. The van der Waals surface area contributed by atoms with Crippen molar-refractivity contribution in [2.24, 2.45) is 0 Å². The van der Waals surface area contributed by atoms with Crippen molar-refractivity contribution in [2.75, 3.05) is 5.32 Å². The molecule has 0 fully saturated rings. The molecule has 35 heavy (non-hydrogen) atoms. The van der Waals surface area contributed by atoms with Gasteiger partial charge in [0, 0.05) is 20.7 Å². The number of carbonyl (C=O) groups is 1. The van der Waals surface area contributed by atoms with Gasteiger partial charge in [-0.15, -0.1) is 11.3 Å². The molecule has 0 unspecified atom stereocenters. The lowest BCUT2D eigenvalue weighted by Crippen LogP contribution is -2.33. The van der Waals surface area contributed by atoms with Crippen LogP contribution in [-0.2, 0) is 6.42 Å². The number of rotatable bonds is 4. The van der Waals surface area contributed by atoms with Crippen molar-refractivity contribution >= 4 is 96.3 Å². The molecule has 3 aromatic carbocycles. The zero-order valence-electron chi connectivity index (χ0n) is 18.1. The molecule has 2 aromatic heterocycles. The summed E-state index contributed by atoms with van der Waals surface area (Å²) in [5.41, 5.74) is 3.88. The normalized spacial score (nSPS) is 11.2. The fraction of sp³-hybridized carbons (Fsp3) is 0.0800. The Balaban J connectivity index is 1.36. The molecule has 0 aliphatic carbocycles. The number of nitrogens with zero attached hydrogens (tertiary/aromatic N) is 1. The Hall–Kier alpha value is -2.68. The molecule has 2 N–H and O–H groups in total. The summed E-state index contributed by atoms with van der Waals surface area (Å²) in [6, 6.07) is 16.5. The van der Waals surface area contributed by atoms with E-state index in [-0.39, 0.29) is 5.11 Å². The van der Waals surface area contributed by atoms with E-state index in [1.807, 2.05) is 24.3 Å². The Labute approximate surface area is 225 Å². The van der Waals surface area contributed by atoms with E-state index in [1.165, 1.54) is 16.9 Å². The van der Waals surface area contributed by atoms with E-state index >= 15 is 0 Å². The molecule has 5 nitrogen and oxygen atoms in total. The maximum Gasteiger partial charge on any atom is 0.269 e. The molecule has 176 valence electrons. The van der Waals surface area contributed by atoms with Crippen LogP contribution in [0.5, 0.6) is 0 Å². The Morgan fingerprint density at radius 1 is 1.09 bits per heavy atom. The zero-order chi connectivity index (χ0) is 24.7. The topological polar surface area (TPSA) is 67.2 Å². The minimum absolute atomic E-state index is 0.0748. The van der Waals surface area contributed by atoms with Gasteiger partial charge in [-0.25, -0.2) is 4.98 Å². The van der Waals surface area contributed by atoms with E-state index in [0.717, 1.165) is 22.0 Å². The van der Waals surface area contributed by atoms with Crippen LogP contribution < -0.4 is 10.6 Å². The van der Waals surface area contributed by atoms with Gasteiger partial charge in [-0.1, -0.05) is 53.9 Å². The van der Waals surface area contributed by atoms with Crippen molar-refractivity contribution in [3.05, 3.63) is 80.1 Å². The summed E-state index contributed by atoms with van der Waals surface area (Å²) < 4.78 is 6.73. The van der Waals surface area contributed by atoms with Crippen molar-refractivity contribution in [1.29, 1.82) is 0 Å². The number of anilines is 1. The molecule has 5 aromatic rings.